The van der Waals surface area contributed by atoms with Crippen LogP contribution in [0.1, 0.15) is 26.3 Å². The highest BCUT2D eigenvalue weighted by Crippen LogP contribution is 2.36. The van der Waals surface area contributed by atoms with Crippen molar-refractivity contribution in [3.05, 3.63) is 25.5 Å². The predicted octanol–water partition coefficient (Wildman–Crippen LogP) is 2.17. The first-order valence-corrected chi connectivity index (χ1v) is 8.10. The second-order valence-electron chi connectivity index (χ2n) is 5.77. The van der Waals surface area contributed by atoms with Crippen molar-refractivity contribution in [2.75, 3.05) is 7.11 Å². The average molecular weight is 409 g/mol. The number of nitrogens with two attached hydrogens (primary N) is 1. The molecule has 10 heteroatoms. The molecule has 1 aromatic rings. The van der Waals surface area contributed by atoms with Crippen LogP contribution in [0.25, 0.3) is 0 Å². The van der Waals surface area contributed by atoms with Crippen LogP contribution in [0, 0.1) is 10.1 Å². The van der Waals surface area contributed by atoms with E-state index in [1.165, 1.54) is 5.38 Å². The first kappa shape index (κ1) is 19.5. The van der Waals surface area contributed by atoms with E-state index in [1.807, 2.05) is 0 Å². The van der Waals surface area contributed by atoms with Gasteiger partial charge in [-0.15, -0.1) is 0 Å². The Kier molecular flexibility index (Phi) is 5.89. The number of hydrogen-bond acceptors (Lipinski definition) is 8. The molecule has 1 atom stereocenters. The molecule has 0 aliphatic rings. The summed E-state index contributed by atoms with van der Waals surface area (Å²) in [7, 11) is 1.07. The molecule has 0 bridgehead atoms. The van der Waals surface area contributed by atoms with Gasteiger partial charge in [-0.1, -0.05) is 11.3 Å². The van der Waals surface area contributed by atoms with E-state index in [0.717, 1.165) is 18.4 Å². The number of thiophene rings is 1. The van der Waals surface area contributed by atoms with Gasteiger partial charge in [0.1, 0.15) is 5.60 Å². The van der Waals surface area contributed by atoms with Gasteiger partial charge in [0, 0.05) is 16.3 Å². The van der Waals surface area contributed by atoms with Crippen LogP contribution >= 0.6 is 27.3 Å². The summed E-state index contributed by atoms with van der Waals surface area (Å²) in [6.07, 6.45) is -0.422. The second kappa shape index (κ2) is 6.93. The fourth-order valence-corrected chi connectivity index (χ4v) is 3.23. The Bertz CT molecular complexity index is 639. The zero-order valence-corrected chi connectivity index (χ0v) is 15.4. The summed E-state index contributed by atoms with van der Waals surface area (Å²) < 4.78 is 10.1. The maximum Gasteiger partial charge on any atom is 0.338 e. The molecule has 2 N–H and O–H groups in total. The Morgan fingerprint density at radius 3 is 2.39 bits per heavy atom. The molecule has 23 heavy (non-hydrogen) atoms. The van der Waals surface area contributed by atoms with Crippen molar-refractivity contribution >= 4 is 44.2 Å². The number of carbonyl (C=O) groups is 2. The van der Waals surface area contributed by atoms with E-state index in [1.54, 1.807) is 20.8 Å². The molecule has 0 aliphatic carbocycles. The first-order chi connectivity index (χ1) is 10.4. The van der Waals surface area contributed by atoms with Crippen molar-refractivity contribution < 1.29 is 24.0 Å². The number of nitrogens with zero attached hydrogens (tertiary/aromatic N) is 1. The van der Waals surface area contributed by atoms with Crippen LogP contribution in [0.5, 0.6) is 0 Å². The Balaban J connectivity index is 3.29. The van der Waals surface area contributed by atoms with Gasteiger partial charge in [-0.05, 0) is 36.7 Å². The molecule has 1 unspecified atom stereocenters. The molecule has 1 aromatic heterocycles. The third-order valence-corrected chi connectivity index (χ3v) is 4.74. The van der Waals surface area contributed by atoms with Gasteiger partial charge in [0.2, 0.25) is 5.54 Å². The molecule has 0 spiro atoms. The van der Waals surface area contributed by atoms with Crippen molar-refractivity contribution in [1.82, 2.24) is 0 Å². The number of nitro groups is 1. The fraction of sp³-hybridized carbons (Fsp3) is 0.538. The smallest absolute Gasteiger partial charge is 0.338 e. The molecular weight excluding hydrogens is 392 g/mol. The zero-order valence-electron chi connectivity index (χ0n) is 13.0. The lowest BCUT2D eigenvalue weighted by molar-refractivity contribution is -0.380. The molecule has 1 rings (SSSR count). The normalized spacial score (nSPS) is 14.0. The largest absolute Gasteiger partial charge is 0.467 e. The number of carbonyl (C=O) groups excluding carboxylic acids is 2. The van der Waals surface area contributed by atoms with Crippen LogP contribution in [0.2, 0.25) is 0 Å². The molecule has 8 nitrogen and oxygen atoms in total. The van der Waals surface area contributed by atoms with E-state index in [0.29, 0.717) is 4.47 Å². The average Bonchev–Trinajstić information content (AvgIpc) is 2.77. The summed E-state index contributed by atoms with van der Waals surface area (Å²) in [5.74, 6) is -2.04. The van der Waals surface area contributed by atoms with Crippen LogP contribution in [0.4, 0.5) is 5.00 Å². The molecule has 0 radical (unpaired) electrons. The van der Waals surface area contributed by atoms with Gasteiger partial charge in [-0.3, -0.25) is 10.1 Å². The summed E-state index contributed by atoms with van der Waals surface area (Å²) in [4.78, 5) is 34.9. The Hall–Kier alpha value is -1.52. The topological polar surface area (TPSA) is 122 Å². The highest BCUT2D eigenvalue weighted by Gasteiger charge is 2.48. The van der Waals surface area contributed by atoms with Crippen molar-refractivity contribution in [2.45, 2.75) is 38.3 Å². The molecule has 0 saturated heterocycles. The molecule has 0 amide bonds. The van der Waals surface area contributed by atoms with Gasteiger partial charge < -0.3 is 15.2 Å². The van der Waals surface area contributed by atoms with Crippen molar-refractivity contribution in [1.29, 1.82) is 0 Å². The lowest BCUT2D eigenvalue weighted by Crippen LogP contribution is -2.59. The lowest BCUT2D eigenvalue weighted by Gasteiger charge is -2.28. The minimum absolute atomic E-state index is 0.138. The quantitative estimate of drug-likeness (QED) is 0.342. The third-order valence-electron chi connectivity index (χ3n) is 2.75. The summed E-state index contributed by atoms with van der Waals surface area (Å²) >= 11 is 4.03. The van der Waals surface area contributed by atoms with Gasteiger partial charge >= 0.3 is 16.9 Å². The molecular formula is C13H17BrN2O6S. The number of halogens is 1. The molecule has 0 aromatic carbocycles. The van der Waals surface area contributed by atoms with Crippen LogP contribution in [-0.2, 0) is 25.5 Å². The SMILES string of the molecule is COC(=O)C(N)(Cc1c(Br)csc1[N+](=O)[O-])C(=O)OC(C)(C)C. The summed E-state index contributed by atoms with van der Waals surface area (Å²) in [6, 6.07) is 0. The third kappa shape index (κ3) is 4.49. The van der Waals surface area contributed by atoms with Gasteiger partial charge in [-0.2, -0.15) is 0 Å². The summed E-state index contributed by atoms with van der Waals surface area (Å²) in [6.45, 7) is 4.85. The molecule has 0 saturated carbocycles. The van der Waals surface area contributed by atoms with E-state index in [-0.39, 0.29) is 10.6 Å². The summed E-state index contributed by atoms with van der Waals surface area (Å²) in [5.41, 5.74) is 3.02. The Morgan fingerprint density at radius 2 is 1.96 bits per heavy atom. The molecule has 128 valence electrons. The van der Waals surface area contributed by atoms with Gasteiger partial charge in [0.25, 0.3) is 0 Å². The fourth-order valence-electron chi connectivity index (χ4n) is 1.72. The highest BCUT2D eigenvalue weighted by atomic mass is 79.9. The highest BCUT2D eigenvalue weighted by molar-refractivity contribution is 9.10. The Morgan fingerprint density at radius 1 is 1.39 bits per heavy atom. The molecule has 0 aliphatic heterocycles. The van der Waals surface area contributed by atoms with Crippen molar-refractivity contribution in [2.24, 2.45) is 5.73 Å². The van der Waals surface area contributed by atoms with Crippen LogP contribution in [0.15, 0.2) is 9.85 Å². The van der Waals surface area contributed by atoms with E-state index < -0.39 is 34.4 Å². The number of esters is 2. The van der Waals surface area contributed by atoms with Crippen LogP contribution < -0.4 is 5.73 Å². The molecule has 0 fully saturated rings. The minimum Gasteiger partial charge on any atom is -0.467 e. The second-order valence-corrected chi connectivity index (χ2v) is 7.48. The van der Waals surface area contributed by atoms with Crippen LogP contribution in [-0.4, -0.2) is 35.1 Å². The first-order valence-electron chi connectivity index (χ1n) is 6.43. The van der Waals surface area contributed by atoms with Crippen LogP contribution in [0.3, 0.4) is 0 Å². The minimum atomic E-state index is -2.18. The van der Waals surface area contributed by atoms with Crippen molar-refractivity contribution in [3.8, 4) is 0 Å². The number of rotatable bonds is 5. The van der Waals surface area contributed by atoms with E-state index in [4.69, 9.17) is 10.5 Å². The standard InChI is InChI=1S/C13H17BrN2O6S/c1-12(2,3)22-11(18)13(15,10(17)21-4)5-7-8(14)6-23-9(7)16(19)20/h6H,5,15H2,1-4H3. The van der Waals surface area contributed by atoms with Gasteiger partial charge in [-0.25, -0.2) is 9.59 Å². The molecule has 1 heterocycles. The number of methoxy groups -OCH3 is 1. The number of hydrogen-bond donors (Lipinski definition) is 1. The number of ether oxygens (including phenoxy) is 2. The van der Waals surface area contributed by atoms with E-state index >= 15 is 0 Å². The maximum atomic E-state index is 12.4. The van der Waals surface area contributed by atoms with Crippen molar-refractivity contribution in [3.63, 3.8) is 0 Å². The summed E-state index contributed by atoms with van der Waals surface area (Å²) in [5, 5.41) is 12.4. The lowest BCUT2D eigenvalue weighted by atomic mass is 9.92. The predicted molar refractivity (Wildman–Crippen MR) is 87.2 cm³/mol. The zero-order chi connectivity index (χ0) is 18.0. The maximum absolute atomic E-state index is 12.4. The van der Waals surface area contributed by atoms with Gasteiger partial charge in [0.15, 0.2) is 0 Å². The Labute approximate surface area is 145 Å². The van der Waals surface area contributed by atoms with E-state index in [9.17, 15) is 19.7 Å². The van der Waals surface area contributed by atoms with E-state index in [2.05, 4.69) is 20.7 Å². The monoisotopic (exact) mass is 408 g/mol. The van der Waals surface area contributed by atoms with Gasteiger partial charge in [0.05, 0.1) is 17.6 Å².